The predicted molar refractivity (Wildman–Crippen MR) is 92.4 cm³/mol. The highest BCUT2D eigenvalue weighted by atomic mass is 16.5. The van der Waals surface area contributed by atoms with Crippen LogP contribution in [-0.4, -0.2) is 47.6 Å². The van der Waals surface area contributed by atoms with Crippen molar-refractivity contribution in [1.29, 1.82) is 0 Å². The van der Waals surface area contributed by atoms with Crippen LogP contribution in [0, 0.1) is 12.8 Å². The number of likely N-dealkylation sites (tertiary alicyclic amines) is 1. The molecular weight excluding hydrogens is 320 g/mol. The quantitative estimate of drug-likeness (QED) is 0.864. The van der Waals surface area contributed by atoms with Gasteiger partial charge in [-0.2, -0.15) is 4.98 Å². The standard InChI is InChI=1S/C18H24N4O3/c1-13-20-17(21-25-13)12-24-16-8-4-3-7-15(16)18(23)22-9-5-6-14(11-22)10-19-2/h3-4,7-8,14,19H,5-6,9-12H2,1-2H3. The smallest absolute Gasteiger partial charge is 0.257 e. The Morgan fingerprint density at radius 1 is 1.44 bits per heavy atom. The number of ether oxygens (including phenoxy) is 1. The summed E-state index contributed by atoms with van der Waals surface area (Å²) < 4.78 is 10.7. The number of aryl methyl sites for hydroxylation is 1. The van der Waals surface area contributed by atoms with E-state index in [2.05, 4.69) is 15.5 Å². The minimum atomic E-state index is 0.0145. The van der Waals surface area contributed by atoms with Gasteiger partial charge in [-0.1, -0.05) is 17.3 Å². The summed E-state index contributed by atoms with van der Waals surface area (Å²) in [5.41, 5.74) is 0.577. The summed E-state index contributed by atoms with van der Waals surface area (Å²) in [5, 5.41) is 7.02. The lowest BCUT2D eigenvalue weighted by Crippen LogP contribution is -2.42. The molecule has 0 radical (unpaired) electrons. The molecule has 1 saturated heterocycles. The number of aromatic nitrogens is 2. The van der Waals surface area contributed by atoms with Crippen molar-refractivity contribution in [1.82, 2.24) is 20.4 Å². The van der Waals surface area contributed by atoms with Gasteiger partial charge in [-0.15, -0.1) is 0 Å². The van der Waals surface area contributed by atoms with E-state index in [9.17, 15) is 4.79 Å². The molecule has 1 amide bonds. The molecule has 0 aliphatic carbocycles. The average molecular weight is 344 g/mol. The van der Waals surface area contributed by atoms with Crippen LogP contribution < -0.4 is 10.1 Å². The molecule has 0 saturated carbocycles. The minimum Gasteiger partial charge on any atom is -0.485 e. The second kappa shape index (κ2) is 8.11. The fraction of sp³-hybridized carbons (Fsp3) is 0.500. The summed E-state index contributed by atoms with van der Waals surface area (Å²) in [7, 11) is 1.95. The molecule has 2 heterocycles. The van der Waals surface area contributed by atoms with Gasteiger partial charge in [0.05, 0.1) is 5.56 Å². The molecule has 1 aliphatic heterocycles. The van der Waals surface area contributed by atoms with Crippen molar-refractivity contribution in [2.24, 2.45) is 5.92 Å². The first-order valence-electron chi connectivity index (χ1n) is 8.62. The first-order valence-corrected chi connectivity index (χ1v) is 8.62. The molecule has 2 aromatic rings. The van der Waals surface area contributed by atoms with Gasteiger partial charge in [0, 0.05) is 20.0 Å². The molecule has 1 aliphatic rings. The molecular formula is C18H24N4O3. The van der Waals surface area contributed by atoms with Gasteiger partial charge >= 0.3 is 0 Å². The number of piperidine rings is 1. The fourth-order valence-corrected chi connectivity index (χ4v) is 3.19. The van der Waals surface area contributed by atoms with Crippen LogP contribution in [0.25, 0.3) is 0 Å². The highest BCUT2D eigenvalue weighted by Crippen LogP contribution is 2.24. The van der Waals surface area contributed by atoms with Gasteiger partial charge in [0.15, 0.2) is 6.61 Å². The summed E-state index contributed by atoms with van der Waals surface area (Å²) >= 11 is 0. The van der Waals surface area contributed by atoms with Crippen molar-refractivity contribution in [3.05, 3.63) is 41.5 Å². The summed E-state index contributed by atoms with van der Waals surface area (Å²) in [6, 6.07) is 7.32. The molecule has 134 valence electrons. The van der Waals surface area contributed by atoms with E-state index in [-0.39, 0.29) is 12.5 Å². The molecule has 1 atom stereocenters. The Labute approximate surface area is 147 Å². The van der Waals surface area contributed by atoms with Gasteiger partial charge in [-0.3, -0.25) is 4.79 Å². The monoisotopic (exact) mass is 344 g/mol. The maximum absolute atomic E-state index is 13.0. The van der Waals surface area contributed by atoms with Crippen LogP contribution >= 0.6 is 0 Å². The number of carbonyl (C=O) groups is 1. The fourth-order valence-electron chi connectivity index (χ4n) is 3.19. The van der Waals surface area contributed by atoms with E-state index >= 15 is 0 Å². The molecule has 7 nitrogen and oxygen atoms in total. The van der Waals surface area contributed by atoms with Crippen molar-refractivity contribution in [3.8, 4) is 5.75 Å². The van der Waals surface area contributed by atoms with Crippen LogP contribution in [0.4, 0.5) is 0 Å². The molecule has 25 heavy (non-hydrogen) atoms. The molecule has 1 N–H and O–H groups in total. The zero-order valence-electron chi connectivity index (χ0n) is 14.7. The van der Waals surface area contributed by atoms with Crippen molar-refractivity contribution in [2.45, 2.75) is 26.4 Å². The van der Waals surface area contributed by atoms with Crippen LogP contribution in [0.3, 0.4) is 0 Å². The number of nitrogens with one attached hydrogen (secondary N) is 1. The van der Waals surface area contributed by atoms with Gasteiger partial charge in [0.1, 0.15) is 5.75 Å². The van der Waals surface area contributed by atoms with Gasteiger partial charge < -0.3 is 19.5 Å². The highest BCUT2D eigenvalue weighted by molar-refractivity contribution is 5.97. The average Bonchev–Trinajstić information content (AvgIpc) is 3.05. The Hall–Kier alpha value is -2.41. The van der Waals surface area contributed by atoms with Crippen molar-refractivity contribution in [3.63, 3.8) is 0 Å². The third kappa shape index (κ3) is 4.36. The second-order valence-electron chi connectivity index (χ2n) is 6.33. The van der Waals surface area contributed by atoms with Crippen molar-refractivity contribution in [2.75, 3.05) is 26.7 Å². The maximum atomic E-state index is 13.0. The molecule has 0 bridgehead atoms. The van der Waals surface area contributed by atoms with Gasteiger partial charge in [0.25, 0.3) is 5.91 Å². The Bertz CT molecular complexity index is 714. The predicted octanol–water partition coefficient (Wildman–Crippen LogP) is 2.03. The minimum absolute atomic E-state index is 0.0145. The molecule has 3 rings (SSSR count). The Morgan fingerprint density at radius 3 is 3.04 bits per heavy atom. The van der Waals surface area contributed by atoms with Crippen molar-refractivity contribution < 1.29 is 14.1 Å². The van der Waals surface area contributed by atoms with E-state index in [1.807, 2.05) is 24.1 Å². The second-order valence-corrected chi connectivity index (χ2v) is 6.33. The van der Waals surface area contributed by atoms with Crippen LogP contribution in [0.1, 0.15) is 34.9 Å². The number of rotatable bonds is 6. The number of para-hydroxylation sites is 1. The molecule has 1 unspecified atom stereocenters. The summed E-state index contributed by atoms with van der Waals surface area (Å²) in [5.74, 6) is 2.02. The van der Waals surface area contributed by atoms with Crippen LogP contribution in [-0.2, 0) is 6.61 Å². The SMILES string of the molecule is CNCC1CCCN(C(=O)c2ccccc2OCc2noc(C)n2)C1. The van der Waals surface area contributed by atoms with E-state index in [0.717, 1.165) is 32.5 Å². The lowest BCUT2D eigenvalue weighted by Gasteiger charge is -2.33. The molecule has 1 aromatic heterocycles. The Balaban J connectivity index is 1.69. The first kappa shape index (κ1) is 17.4. The number of nitrogens with zero attached hydrogens (tertiary/aromatic N) is 3. The van der Waals surface area contributed by atoms with E-state index in [0.29, 0.717) is 28.9 Å². The Morgan fingerprint density at radius 2 is 2.28 bits per heavy atom. The number of hydrogen-bond acceptors (Lipinski definition) is 6. The zero-order chi connectivity index (χ0) is 17.6. The molecule has 1 fully saturated rings. The molecule has 7 heteroatoms. The van der Waals surface area contributed by atoms with E-state index in [1.54, 1.807) is 19.1 Å². The lowest BCUT2D eigenvalue weighted by molar-refractivity contribution is 0.0669. The lowest BCUT2D eigenvalue weighted by atomic mass is 9.97. The topological polar surface area (TPSA) is 80.5 Å². The summed E-state index contributed by atoms with van der Waals surface area (Å²) in [4.78, 5) is 19.0. The Kier molecular flexibility index (Phi) is 5.65. The van der Waals surface area contributed by atoms with E-state index in [4.69, 9.17) is 9.26 Å². The third-order valence-corrected chi connectivity index (χ3v) is 4.34. The number of benzene rings is 1. The highest BCUT2D eigenvalue weighted by Gasteiger charge is 2.26. The van der Waals surface area contributed by atoms with Gasteiger partial charge in [-0.25, -0.2) is 0 Å². The van der Waals surface area contributed by atoms with Crippen LogP contribution in [0.15, 0.2) is 28.8 Å². The molecule has 0 spiro atoms. The number of carbonyl (C=O) groups excluding carboxylic acids is 1. The maximum Gasteiger partial charge on any atom is 0.257 e. The van der Waals surface area contributed by atoms with E-state index < -0.39 is 0 Å². The van der Waals surface area contributed by atoms with Crippen LogP contribution in [0.2, 0.25) is 0 Å². The third-order valence-electron chi connectivity index (χ3n) is 4.34. The van der Waals surface area contributed by atoms with Gasteiger partial charge in [-0.05, 0) is 44.5 Å². The van der Waals surface area contributed by atoms with Crippen LogP contribution in [0.5, 0.6) is 5.75 Å². The first-order chi connectivity index (χ1) is 12.2. The largest absolute Gasteiger partial charge is 0.485 e. The van der Waals surface area contributed by atoms with Gasteiger partial charge in [0.2, 0.25) is 11.7 Å². The van der Waals surface area contributed by atoms with Crippen molar-refractivity contribution >= 4 is 5.91 Å². The zero-order valence-corrected chi connectivity index (χ0v) is 14.7. The number of hydrogen-bond donors (Lipinski definition) is 1. The summed E-state index contributed by atoms with van der Waals surface area (Å²) in [6.45, 7) is 4.39. The summed E-state index contributed by atoms with van der Waals surface area (Å²) in [6.07, 6.45) is 2.18. The number of amides is 1. The molecule has 1 aromatic carbocycles. The van der Waals surface area contributed by atoms with E-state index in [1.165, 1.54) is 0 Å². The normalized spacial score (nSPS) is 17.5.